The number of hydrogen-bond acceptors (Lipinski definition) is 2. The summed E-state index contributed by atoms with van der Waals surface area (Å²) in [5.41, 5.74) is 0.913. The van der Waals surface area contributed by atoms with Gasteiger partial charge in [-0.25, -0.2) is 8.78 Å². The molecule has 0 radical (unpaired) electrons. The molecule has 0 spiro atoms. The summed E-state index contributed by atoms with van der Waals surface area (Å²) in [6.45, 7) is 1.67. The molecule has 3 nitrogen and oxygen atoms in total. The number of benzene rings is 2. The molecular formula is C14H11F2NO2. The number of anilines is 1. The second-order valence-electron chi connectivity index (χ2n) is 4.11. The smallest absolute Gasteiger partial charge is 0.255 e. The van der Waals surface area contributed by atoms with Crippen LogP contribution in [0.3, 0.4) is 0 Å². The average Bonchev–Trinajstić information content (AvgIpc) is 2.32. The van der Waals surface area contributed by atoms with Crippen molar-refractivity contribution in [1.29, 1.82) is 0 Å². The van der Waals surface area contributed by atoms with Gasteiger partial charge >= 0.3 is 0 Å². The van der Waals surface area contributed by atoms with E-state index in [9.17, 15) is 18.7 Å². The lowest BCUT2D eigenvalue weighted by Gasteiger charge is -2.07. The molecule has 1 amide bonds. The van der Waals surface area contributed by atoms with Gasteiger partial charge in [-0.15, -0.1) is 0 Å². The number of carbonyl (C=O) groups is 1. The number of halogens is 2. The monoisotopic (exact) mass is 263 g/mol. The summed E-state index contributed by atoms with van der Waals surface area (Å²) in [7, 11) is 0. The molecular weight excluding hydrogens is 252 g/mol. The molecule has 0 aliphatic rings. The van der Waals surface area contributed by atoms with Gasteiger partial charge in [-0.05, 0) is 42.8 Å². The molecule has 0 bridgehead atoms. The van der Waals surface area contributed by atoms with E-state index in [4.69, 9.17) is 0 Å². The number of aryl methyl sites for hydroxylation is 1. The number of phenolic OH excluding ortho intramolecular Hbond substituents is 1. The number of hydrogen-bond donors (Lipinski definition) is 2. The Balaban J connectivity index is 2.22. The maximum absolute atomic E-state index is 13.0. The average molecular weight is 263 g/mol. The Morgan fingerprint density at radius 2 is 1.74 bits per heavy atom. The molecule has 0 aliphatic carbocycles. The van der Waals surface area contributed by atoms with Crippen molar-refractivity contribution >= 4 is 11.6 Å². The number of nitrogens with one attached hydrogen (secondary N) is 1. The maximum atomic E-state index is 13.0. The van der Waals surface area contributed by atoms with Crippen LogP contribution in [0.25, 0.3) is 0 Å². The highest BCUT2D eigenvalue weighted by atomic mass is 19.1. The number of aromatic hydroxyl groups is 1. The number of rotatable bonds is 2. The van der Waals surface area contributed by atoms with E-state index in [1.165, 1.54) is 12.1 Å². The highest BCUT2D eigenvalue weighted by Gasteiger charge is 2.10. The van der Waals surface area contributed by atoms with Gasteiger partial charge in [-0.2, -0.15) is 0 Å². The van der Waals surface area contributed by atoms with Gasteiger partial charge in [-0.3, -0.25) is 4.79 Å². The first-order valence-corrected chi connectivity index (χ1v) is 5.53. The van der Waals surface area contributed by atoms with E-state index in [-0.39, 0.29) is 11.3 Å². The minimum Gasteiger partial charge on any atom is -0.508 e. The van der Waals surface area contributed by atoms with Gasteiger partial charge in [0.05, 0.1) is 0 Å². The Morgan fingerprint density at radius 1 is 1.11 bits per heavy atom. The summed E-state index contributed by atoms with van der Waals surface area (Å²) in [5.74, 6) is -2.14. The fourth-order valence-corrected chi connectivity index (χ4v) is 1.62. The van der Waals surface area contributed by atoms with Crippen molar-refractivity contribution in [2.75, 3.05) is 5.32 Å². The Morgan fingerprint density at radius 3 is 2.32 bits per heavy atom. The Kier molecular flexibility index (Phi) is 3.46. The van der Waals surface area contributed by atoms with Crippen molar-refractivity contribution in [1.82, 2.24) is 0 Å². The summed E-state index contributed by atoms with van der Waals surface area (Å²) in [6, 6.07) is 7.08. The Hall–Kier alpha value is -2.43. The molecule has 5 heteroatoms. The molecule has 19 heavy (non-hydrogen) atoms. The van der Waals surface area contributed by atoms with E-state index in [0.717, 1.165) is 12.1 Å². The van der Waals surface area contributed by atoms with E-state index >= 15 is 0 Å². The van der Waals surface area contributed by atoms with Crippen LogP contribution in [0.2, 0.25) is 0 Å². The van der Waals surface area contributed by atoms with Crippen molar-refractivity contribution in [2.24, 2.45) is 0 Å². The van der Waals surface area contributed by atoms with Crippen LogP contribution in [0, 0.1) is 18.6 Å². The van der Waals surface area contributed by atoms with Crippen molar-refractivity contribution < 1.29 is 18.7 Å². The zero-order chi connectivity index (χ0) is 14.0. The summed E-state index contributed by atoms with van der Waals surface area (Å²) in [4.78, 5) is 11.8. The van der Waals surface area contributed by atoms with Crippen molar-refractivity contribution in [2.45, 2.75) is 6.92 Å². The molecule has 0 saturated heterocycles. The fraction of sp³-hybridized carbons (Fsp3) is 0.0714. The van der Waals surface area contributed by atoms with E-state index in [2.05, 4.69) is 5.32 Å². The van der Waals surface area contributed by atoms with Gasteiger partial charge in [0.2, 0.25) is 0 Å². The highest BCUT2D eigenvalue weighted by Crippen LogP contribution is 2.20. The van der Waals surface area contributed by atoms with E-state index in [1.807, 2.05) is 0 Å². The van der Waals surface area contributed by atoms with Crippen LogP contribution < -0.4 is 5.32 Å². The zero-order valence-electron chi connectivity index (χ0n) is 10.1. The predicted octanol–water partition coefficient (Wildman–Crippen LogP) is 3.23. The molecule has 0 fully saturated rings. The third kappa shape index (κ3) is 3.07. The predicted molar refractivity (Wildman–Crippen MR) is 67.2 cm³/mol. The summed E-state index contributed by atoms with van der Waals surface area (Å²) in [5, 5.41) is 11.9. The van der Waals surface area contributed by atoms with Crippen LogP contribution in [0.1, 0.15) is 15.9 Å². The molecule has 0 aromatic heterocycles. The summed E-state index contributed by atoms with van der Waals surface area (Å²) >= 11 is 0. The molecule has 0 heterocycles. The van der Waals surface area contributed by atoms with Crippen LogP contribution in [-0.4, -0.2) is 11.0 Å². The number of amides is 1. The van der Waals surface area contributed by atoms with Gasteiger partial charge in [0, 0.05) is 17.3 Å². The molecule has 0 aliphatic heterocycles. The van der Waals surface area contributed by atoms with Gasteiger partial charge in [0.25, 0.3) is 5.91 Å². The third-order valence-electron chi connectivity index (χ3n) is 2.58. The minimum absolute atomic E-state index is 0.106. The van der Waals surface area contributed by atoms with Gasteiger partial charge in [-0.1, -0.05) is 0 Å². The van der Waals surface area contributed by atoms with Crippen molar-refractivity contribution in [3.8, 4) is 5.75 Å². The quantitative estimate of drug-likeness (QED) is 0.817. The standard InChI is InChI=1S/C14H11F2NO2/c1-8-4-12(2-3-13(8)18)17-14(19)9-5-10(15)7-11(16)6-9/h2-7,18H,1H3,(H,17,19). The number of carbonyl (C=O) groups excluding carboxylic acids is 1. The lowest BCUT2D eigenvalue weighted by molar-refractivity contribution is 0.102. The molecule has 0 unspecified atom stereocenters. The first-order valence-electron chi connectivity index (χ1n) is 5.53. The van der Waals surface area contributed by atoms with E-state index in [0.29, 0.717) is 17.3 Å². The second kappa shape index (κ2) is 5.06. The fourth-order valence-electron chi connectivity index (χ4n) is 1.62. The highest BCUT2D eigenvalue weighted by molar-refractivity contribution is 6.04. The molecule has 2 N–H and O–H groups in total. The molecule has 0 saturated carbocycles. The molecule has 0 atom stereocenters. The van der Waals surface area contributed by atoms with Crippen LogP contribution >= 0.6 is 0 Å². The molecule has 98 valence electrons. The second-order valence-corrected chi connectivity index (χ2v) is 4.11. The Labute approximate surface area is 108 Å². The number of phenols is 1. The first-order chi connectivity index (χ1) is 8.95. The van der Waals surface area contributed by atoms with Crippen molar-refractivity contribution in [3.63, 3.8) is 0 Å². The summed E-state index contributed by atoms with van der Waals surface area (Å²) in [6.07, 6.45) is 0. The van der Waals surface area contributed by atoms with Crippen molar-refractivity contribution in [3.05, 3.63) is 59.2 Å². The third-order valence-corrected chi connectivity index (χ3v) is 2.58. The van der Waals surface area contributed by atoms with Crippen LogP contribution in [0.15, 0.2) is 36.4 Å². The molecule has 2 aromatic carbocycles. The van der Waals surface area contributed by atoms with Crippen LogP contribution in [-0.2, 0) is 0 Å². The lowest BCUT2D eigenvalue weighted by atomic mass is 10.1. The van der Waals surface area contributed by atoms with Gasteiger partial charge < -0.3 is 10.4 Å². The largest absolute Gasteiger partial charge is 0.508 e. The SMILES string of the molecule is Cc1cc(NC(=O)c2cc(F)cc(F)c2)ccc1O. The van der Waals surface area contributed by atoms with Crippen LogP contribution in [0.5, 0.6) is 5.75 Å². The first kappa shape index (κ1) is 13.0. The molecule has 2 aromatic rings. The topological polar surface area (TPSA) is 49.3 Å². The normalized spacial score (nSPS) is 10.3. The summed E-state index contributed by atoms with van der Waals surface area (Å²) < 4.78 is 26.0. The zero-order valence-corrected chi connectivity index (χ0v) is 10.1. The van der Waals surface area contributed by atoms with Crippen LogP contribution in [0.4, 0.5) is 14.5 Å². The molecule has 2 rings (SSSR count). The van der Waals surface area contributed by atoms with Gasteiger partial charge in [0.15, 0.2) is 0 Å². The maximum Gasteiger partial charge on any atom is 0.255 e. The van der Waals surface area contributed by atoms with E-state index in [1.54, 1.807) is 13.0 Å². The minimum atomic E-state index is -0.813. The lowest BCUT2D eigenvalue weighted by Crippen LogP contribution is -2.12. The van der Waals surface area contributed by atoms with E-state index < -0.39 is 17.5 Å². The van der Waals surface area contributed by atoms with Gasteiger partial charge in [0.1, 0.15) is 17.4 Å². The Bertz CT molecular complexity index is 621.